The molecule has 1 saturated carbocycles. The van der Waals surface area contributed by atoms with Crippen LogP contribution in [0.15, 0.2) is 60.7 Å². The normalized spacial score (nSPS) is 21.5. The summed E-state index contributed by atoms with van der Waals surface area (Å²) in [7, 11) is 0. The quantitative estimate of drug-likeness (QED) is 0.244. The number of Topliss-reactive ketones (excluding diaryl/α,β-unsaturated/α-hetero) is 1. The highest BCUT2D eigenvalue weighted by Crippen LogP contribution is 2.65. The van der Waals surface area contributed by atoms with Gasteiger partial charge in [-0.15, -0.1) is 0 Å². The summed E-state index contributed by atoms with van der Waals surface area (Å²) in [5.41, 5.74) is 1.61. The Balaban J connectivity index is 1.50. The molecule has 0 aromatic heterocycles. The van der Waals surface area contributed by atoms with Crippen LogP contribution in [-0.4, -0.2) is 16.3 Å². The molecular weight excluding hydrogens is 559 g/mol. The number of alkyl halides is 2. The molecule has 0 aliphatic heterocycles. The van der Waals surface area contributed by atoms with Gasteiger partial charge in [0.05, 0.1) is 10.9 Å². The van der Waals surface area contributed by atoms with E-state index in [2.05, 4.69) is 21.2 Å². The number of amides is 1. The number of anilines is 1. The predicted octanol–water partition coefficient (Wildman–Crippen LogP) is 7.62. The number of carbonyl (C=O) groups is 2. The van der Waals surface area contributed by atoms with Crippen LogP contribution in [0.25, 0.3) is 0 Å². The Labute approximate surface area is 212 Å². The average Bonchev–Trinajstić information content (AvgIpc) is 3.32. The van der Waals surface area contributed by atoms with Gasteiger partial charge < -0.3 is 5.32 Å². The van der Waals surface area contributed by atoms with Gasteiger partial charge in [-0.05, 0) is 75.6 Å². The third kappa shape index (κ3) is 5.24. The second-order valence-electron chi connectivity index (χ2n) is 7.74. The standard InChI is InChI=1S/C24H15BrCl3F2NO2/c25-24(30)21(13-8-14(26)10-15(27)9-13)22(24)23(33)31-17-5-6-19(28)18(11-17)20(32)7-12-1-3-16(29)4-2-12/h1-6,8-11,21-22H,7H2,(H,31,33). The zero-order valence-corrected chi connectivity index (χ0v) is 20.6. The number of benzene rings is 3. The first-order valence-corrected chi connectivity index (χ1v) is 11.7. The van der Waals surface area contributed by atoms with Crippen molar-refractivity contribution in [2.24, 2.45) is 5.92 Å². The Kier molecular flexibility index (Phi) is 6.83. The molecule has 33 heavy (non-hydrogen) atoms. The SMILES string of the molecule is O=C(Cc1ccc(F)cc1)c1cc(NC(=O)C2C(c3cc(Cl)cc(Cl)c3)C2(F)Br)ccc1Cl. The summed E-state index contributed by atoms with van der Waals surface area (Å²) in [5, 5.41) is 3.54. The fraction of sp³-hybridized carbons (Fsp3) is 0.167. The van der Waals surface area contributed by atoms with Crippen LogP contribution in [0.5, 0.6) is 0 Å². The third-order valence-electron chi connectivity index (χ3n) is 5.39. The molecule has 3 nitrogen and oxygen atoms in total. The summed E-state index contributed by atoms with van der Waals surface area (Å²) in [6.45, 7) is 0. The minimum absolute atomic E-state index is 0.00656. The highest BCUT2D eigenvalue weighted by atomic mass is 79.9. The first kappa shape index (κ1) is 24.1. The molecule has 0 bridgehead atoms. The minimum atomic E-state index is -1.96. The van der Waals surface area contributed by atoms with Crippen LogP contribution in [0.3, 0.4) is 0 Å². The van der Waals surface area contributed by atoms with Gasteiger partial charge in [0.25, 0.3) is 0 Å². The van der Waals surface area contributed by atoms with Crippen molar-refractivity contribution in [1.82, 2.24) is 0 Å². The summed E-state index contributed by atoms with van der Waals surface area (Å²) < 4.78 is 26.2. The van der Waals surface area contributed by atoms with Crippen molar-refractivity contribution in [3.05, 3.63) is 98.2 Å². The van der Waals surface area contributed by atoms with E-state index in [1.165, 1.54) is 48.5 Å². The lowest BCUT2D eigenvalue weighted by atomic mass is 10.0. The zero-order chi connectivity index (χ0) is 23.9. The van der Waals surface area contributed by atoms with E-state index in [-0.39, 0.29) is 22.8 Å². The summed E-state index contributed by atoms with van der Waals surface area (Å²) in [4.78, 5) is 25.6. The van der Waals surface area contributed by atoms with Gasteiger partial charge in [0.2, 0.25) is 5.91 Å². The van der Waals surface area contributed by atoms with Crippen LogP contribution in [0.2, 0.25) is 15.1 Å². The van der Waals surface area contributed by atoms with Gasteiger partial charge in [-0.25, -0.2) is 8.78 Å². The molecule has 1 N–H and O–H groups in total. The first-order chi connectivity index (χ1) is 15.6. The Morgan fingerprint density at radius 1 is 0.970 bits per heavy atom. The molecule has 0 saturated heterocycles. The molecule has 0 radical (unpaired) electrons. The van der Waals surface area contributed by atoms with E-state index < -0.39 is 28.1 Å². The topological polar surface area (TPSA) is 46.2 Å². The average molecular weight is 574 g/mol. The second kappa shape index (κ2) is 9.34. The van der Waals surface area contributed by atoms with Gasteiger partial charge in [0.1, 0.15) is 5.82 Å². The van der Waals surface area contributed by atoms with E-state index >= 15 is 4.39 Å². The van der Waals surface area contributed by atoms with E-state index in [1.54, 1.807) is 12.1 Å². The van der Waals surface area contributed by atoms with Crippen LogP contribution in [-0.2, 0) is 11.2 Å². The Hall–Kier alpha value is -1.99. The van der Waals surface area contributed by atoms with Crippen molar-refractivity contribution >= 4 is 68.1 Å². The van der Waals surface area contributed by atoms with Crippen molar-refractivity contribution in [2.45, 2.75) is 16.9 Å². The summed E-state index contributed by atoms with van der Waals surface area (Å²) in [6.07, 6.45) is 0.00656. The molecule has 1 aliphatic carbocycles. The Morgan fingerprint density at radius 2 is 1.61 bits per heavy atom. The first-order valence-electron chi connectivity index (χ1n) is 9.78. The maximum absolute atomic E-state index is 15.0. The van der Waals surface area contributed by atoms with Crippen LogP contribution in [0, 0.1) is 11.7 Å². The van der Waals surface area contributed by atoms with Crippen LogP contribution < -0.4 is 5.32 Å². The van der Waals surface area contributed by atoms with Crippen molar-refractivity contribution in [3.63, 3.8) is 0 Å². The van der Waals surface area contributed by atoms with Gasteiger partial charge in [-0.3, -0.25) is 9.59 Å². The highest BCUT2D eigenvalue weighted by Gasteiger charge is 2.69. The summed E-state index contributed by atoms with van der Waals surface area (Å²) in [5.74, 6) is -3.08. The van der Waals surface area contributed by atoms with Crippen molar-refractivity contribution in [1.29, 1.82) is 0 Å². The fourth-order valence-electron chi connectivity index (χ4n) is 3.74. The van der Waals surface area contributed by atoms with E-state index in [9.17, 15) is 14.0 Å². The molecule has 0 spiro atoms. The molecule has 170 valence electrons. The minimum Gasteiger partial charge on any atom is -0.326 e. The van der Waals surface area contributed by atoms with Crippen molar-refractivity contribution < 1.29 is 18.4 Å². The van der Waals surface area contributed by atoms with E-state index in [0.29, 0.717) is 26.9 Å². The van der Waals surface area contributed by atoms with E-state index in [4.69, 9.17) is 34.8 Å². The van der Waals surface area contributed by atoms with Gasteiger partial charge in [0.15, 0.2) is 10.4 Å². The fourth-order valence-corrected chi connectivity index (χ4v) is 5.38. The molecule has 3 aromatic carbocycles. The molecule has 1 amide bonds. The third-order valence-corrected chi connectivity index (χ3v) is 7.14. The molecule has 1 aliphatic rings. The van der Waals surface area contributed by atoms with Crippen molar-refractivity contribution in [2.75, 3.05) is 5.32 Å². The smallest absolute Gasteiger partial charge is 0.232 e. The number of halogens is 6. The van der Waals surface area contributed by atoms with Crippen LogP contribution >= 0.6 is 50.7 Å². The van der Waals surface area contributed by atoms with Gasteiger partial charge in [0, 0.05) is 33.6 Å². The Morgan fingerprint density at radius 3 is 2.24 bits per heavy atom. The molecule has 4 rings (SSSR count). The number of ketones is 1. The highest BCUT2D eigenvalue weighted by molar-refractivity contribution is 9.10. The van der Waals surface area contributed by atoms with Gasteiger partial charge in [-0.2, -0.15) is 0 Å². The van der Waals surface area contributed by atoms with Crippen LogP contribution in [0.4, 0.5) is 14.5 Å². The summed E-state index contributed by atoms with van der Waals surface area (Å²) in [6, 6.07) is 14.7. The zero-order valence-electron chi connectivity index (χ0n) is 16.7. The maximum Gasteiger partial charge on any atom is 0.232 e. The summed E-state index contributed by atoms with van der Waals surface area (Å²) >= 11 is 21.2. The molecule has 3 unspecified atom stereocenters. The number of carbonyl (C=O) groups excluding carboxylic acids is 2. The Bertz CT molecular complexity index is 1230. The van der Waals surface area contributed by atoms with Crippen LogP contribution in [0.1, 0.15) is 27.4 Å². The molecule has 9 heteroatoms. The lowest BCUT2D eigenvalue weighted by Gasteiger charge is -2.09. The monoisotopic (exact) mass is 571 g/mol. The number of nitrogens with one attached hydrogen (secondary N) is 1. The van der Waals surface area contributed by atoms with E-state index in [1.807, 2.05) is 0 Å². The lowest BCUT2D eigenvalue weighted by Crippen LogP contribution is -2.17. The largest absolute Gasteiger partial charge is 0.326 e. The second-order valence-corrected chi connectivity index (χ2v) is 10.2. The van der Waals surface area contributed by atoms with Gasteiger partial charge in [-0.1, -0.05) is 46.9 Å². The van der Waals surface area contributed by atoms with Crippen molar-refractivity contribution in [3.8, 4) is 0 Å². The molecule has 1 fully saturated rings. The maximum atomic E-state index is 15.0. The van der Waals surface area contributed by atoms with Gasteiger partial charge >= 0.3 is 0 Å². The number of hydrogen-bond donors (Lipinski definition) is 1. The number of rotatable bonds is 6. The molecular formula is C24H15BrCl3F2NO2. The molecule has 0 heterocycles. The molecule has 3 aromatic rings. The lowest BCUT2D eigenvalue weighted by molar-refractivity contribution is -0.117. The predicted molar refractivity (Wildman–Crippen MR) is 130 cm³/mol. The van der Waals surface area contributed by atoms with E-state index in [0.717, 1.165) is 0 Å². The molecule has 3 atom stereocenters. The number of hydrogen-bond acceptors (Lipinski definition) is 2.